The fourth-order valence-electron chi connectivity index (χ4n) is 1.60. The standard InChI is InChI=1S/C11H17NO3/c1-12(8-7-10(13)15-2)11(14)9-5-3-4-6-9/h3-4,9H,5-8H2,1-2H3. The normalized spacial score (nSPS) is 15.3. The minimum Gasteiger partial charge on any atom is -0.469 e. The molecule has 0 unspecified atom stereocenters. The van der Waals surface area contributed by atoms with Crippen molar-refractivity contribution < 1.29 is 14.3 Å². The maximum Gasteiger partial charge on any atom is 0.307 e. The third-order valence-electron chi connectivity index (χ3n) is 2.61. The van der Waals surface area contributed by atoms with Crippen molar-refractivity contribution in [1.29, 1.82) is 0 Å². The number of methoxy groups -OCH3 is 1. The number of ether oxygens (including phenoxy) is 1. The highest BCUT2D eigenvalue weighted by atomic mass is 16.5. The van der Waals surface area contributed by atoms with Gasteiger partial charge < -0.3 is 9.64 Å². The minimum absolute atomic E-state index is 0.0765. The summed E-state index contributed by atoms with van der Waals surface area (Å²) < 4.78 is 4.52. The van der Waals surface area contributed by atoms with Crippen molar-refractivity contribution >= 4 is 11.9 Å². The molecule has 4 heteroatoms. The van der Waals surface area contributed by atoms with Crippen molar-refractivity contribution in [1.82, 2.24) is 4.90 Å². The zero-order valence-corrected chi connectivity index (χ0v) is 9.23. The van der Waals surface area contributed by atoms with E-state index >= 15 is 0 Å². The molecule has 0 aromatic carbocycles. The lowest BCUT2D eigenvalue weighted by molar-refractivity contribution is -0.142. The summed E-state index contributed by atoms with van der Waals surface area (Å²) in [6.07, 6.45) is 5.95. The van der Waals surface area contributed by atoms with Gasteiger partial charge in [-0.15, -0.1) is 0 Å². The topological polar surface area (TPSA) is 46.6 Å². The molecule has 84 valence electrons. The first-order valence-electron chi connectivity index (χ1n) is 5.12. The van der Waals surface area contributed by atoms with Gasteiger partial charge in [0.05, 0.1) is 13.5 Å². The maximum absolute atomic E-state index is 11.8. The molecule has 0 aliphatic heterocycles. The van der Waals surface area contributed by atoms with Crippen LogP contribution in [0.25, 0.3) is 0 Å². The fourth-order valence-corrected chi connectivity index (χ4v) is 1.60. The van der Waals surface area contributed by atoms with Gasteiger partial charge in [0.25, 0.3) is 0 Å². The van der Waals surface area contributed by atoms with Crippen LogP contribution in [0.5, 0.6) is 0 Å². The van der Waals surface area contributed by atoms with Crippen molar-refractivity contribution in [2.75, 3.05) is 20.7 Å². The zero-order chi connectivity index (χ0) is 11.3. The van der Waals surface area contributed by atoms with Gasteiger partial charge in [0.2, 0.25) is 5.91 Å². The van der Waals surface area contributed by atoms with Crippen molar-refractivity contribution in [3.05, 3.63) is 12.2 Å². The second kappa shape index (κ2) is 5.53. The van der Waals surface area contributed by atoms with Gasteiger partial charge in [-0.3, -0.25) is 9.59 Å². The number of carbonyl (C=O) groups excluding carboxylic acids is 2. The number of allylic oxidation sites excluding steroid dienone is 2. The van der Waals surface area contributed by atoms with Crippen LogP contribution in [-0.2, 0) is 14.3 Å². The van der Waals surface area contributed by atoms with Crippen LogP contribution in [0.1, 0.15) is 19.3 Å². The molecule has 0 heterocycles. The van der Waals surface area contributed by atoms with Gasteiger partial charge in [0.1, 0.15) is 0 Å². The summed E-state index contributed by atoms with van der Waals surface area (Å²) in [7, 11) is 3.08. The Morgan fingerprint density at radius 1 is 1.40 bits per heavy atom. The lowest BCUT2D eigenvalue weighted by atomic mass is 10.1. The van der Waals surface area contributed by atoms with E-state index in [2.05, 4.69) is 4.74 Å². The smallest absolute Gasteiger partial charge is 0.307 e. The average molecular weight is 211 g/mol. The van der Waals surface area contributed by atoms with Crippen LogP contribution in [0.3, 0.4) is 0 Å². The summed E-state index contributed by atoms with van der Waals surface area (Å²) in [5.74, 6) is -0.0873. The average Bonchev–Trinajstić information content (AvgIpc) is 2.77. The Balaban J connectivity index is 2.29. The van der Waals surface area contributed by atoms with E-state index in [1.54, 1.807) is 11.9 Å². The van der Waals surface area contributed by atoms with E-state index in [0.29, 0.717) is 6.54 Å². The molecule has 1 aliphatic rings. The Morgan fingerprint density at radius 3 is 2.53 bits per heavy atom. The number of nitrogens with zero attached hydrogens (tertiary/aromatic N) is 1. The predicted octanol–water partition coefficient (Wildman–Crippen LogP) is 0.974. The molecular formula is C11H17NO3. The fraction of sp³-hybridized carbons (Fsp3) is 0.636. The van der Waals surface area contributed by atoms with E-state index in [9.17, 15) is 9.59 Å². The summed E-state index contributed by atoms with van der Waals surface area (Å²) in [4.78, 5) is 24.3. The molecule has 0 aromatic heterocycles. The second-order valence-electron chi connectivity index (χ2n) is 3.73. The molecule has 1 aliphatic carbocycles. The van der Waals surface area contributed by atoms with E-state index in [1.807, 2.05) is 12.2 Å². The molecule has 0 fully saturated rings. The number of esters is 1. The largest absolute Gasteiger partial charge is 0.469 e. The molecule has 0 spiro atoms. The SMILES string of the molecule is COC(=O)CCN(C)C(=O)C1CC=CC1. The lowest BCUT2D eigenvalue weighted by Gasteiger charge is -2.20. The van der Waals surface area contributed by atoms with Gasteiger partial charge >= 0.3 is 5.97 Å². The molecule has 4 nitrogen and oxygen atoms in total. The predicted molar refractivity (Wildman–Crippen MR) is 56.1 cm³/mol. The van der Waals surface area contributed by atoms with E-state index in [-0.39, 0.29) is 24.2 Å². The minimum atomic E-state index is -0.279. The summed E-state index contributed by atoms with van der Waals surface area (Å²) in [5.41, 5.74) is 0. The maximum atomic E-state index is 11.8. The highest BCUT2D eigenvalue weighted by Crippen LogP contribution is 2.19. The first kappa shape index (κ1) is 11.8. The van der Waals surface area contributed by atoms with Crippen LogP contribution < -0.4 is 0 Å². The zero-order valence-electron chi connectivity index (χ0n) is 9.23. The van der Waals surface area contributed by atoms with Crippen LogP contribution >= 0.6 is 0 Å². The quantitative estimate of drug-likeness (QED) is 0.514. The van der Waals surface area contributed by atoms with Crippen LogP contribution in [0, 0.1) is 5.92 Å². The van der Waals surface area contributed by atoms with E-state index < -0.39 is 0 Å². The molecule has 0 saturated heterocycles. The lowest BCUT2D eigenvalue weighted by Crippen LogP contribution is -2.33. The molecule has 0 radical (unpaired) electrons. The van der Waals surface area contributed by atoms with E-state index in [4.69, 9.17) is 0 Å². The molecule has 1 rings (SSSR count). The van der Waals surface area contributed by atoms with Crippen LogP contribution in [0.4, 0.5) is 0 Å². The van der Waals surface area contributed by atoms with Gasteiger partial charge in [-0.1, -0.05) is 12.2 Å². The van der Waals surface area contributed by atoms with E-state index in [0.717, 1.165) is 12.8 Å². The Morgan fingerprint density at radius 2 is 2.00 bits per heavy atom. The van der Waals surface area contributed by atoms with Gasteiger partial charge in [0.15, 0.2) is 0 Å². The van der Waals surface area contributed by atoms with Gasteiger partial charge in [-0.25, -0.2) is 0 Å². The van der Waals surface area contributed by atoms with Crippen molar-refractivity contribution in [2.24, 2.45) is 5.92 Å². The molecule has 0 bridgehead atoms. The number of carbonyl (C=O) groups is 2. The van der Waals surface area contributed by atoms with Crippen LogP contribution in [0.15, 0.2) is 12.2 Å². The number of rotatable bonds is 4. The first-order valence-corrected chi connectivity index (χ1v) is 5.12. The summed E-state index contributed by atoms with van der Waals surface area (Å²) in [6.45, 7) is 0.433. The Kier molecular flexibility index (Phi) is 4.34. The third kappa shape index (κ3) is 3.38. The molecule has 0 aromatic rings. The van der Waals surface area contributed by atoms with Gasteiger partial charge in [0, 0.05) is 19.5 Å². The van der Waals surface area contributed by atoms with Crippen molar-refractivity contribution in [3.8, 4) is 0 Å². The molecule has 0 saturated carbocycles. The summed E-state index contributed by atoms with van der Waals surface area (Å²) in [5, 5.41) is 0. The number of hydrogen-bond acceptors (Lipinski definition) is 3. The first-order chi connectivity index (χ1) is 7.15. The number of hydrogen-bond donors (Lipinski definition) is 0. The van der Waals surface area contributed by atoms with Gasteiger partial charge in [-0.2, -0.15) is 0 Å². The summed E-state index contributed by atoms with van der Waals surface area (Å²) in [6, 6.07) is 0. The Labute approximate surface area is 89.9 Å². The monoisotopic (exact) mass is 211 g/mol. The van der Waals surface area contributed by atoms with Gasteiger partial charge in [-0.05, 0) is 12.8 Å². The van der Waals surface area contributed by atoms with Crippen LogP contribution in [-0.4, -0.2) is 37.5 Å². The third-order valence-corrected chi connectivity index (χ3v) is 2.61. The highest BCUT2D eigenvalue weighted by Gasteiger charge is 2.22. The second-order valence-corrected chi connectivity index (χ2v) is 3.73. The Hall–Kier alpha value is -1.32. The molecule has 0 N–H and O–H groups in total. The van der Waals surface area contributed by atoms with Crippen LogP contribution in [0.2, 0.25) is 0 Å². The van der Waals surface area contributed by atoms with Crippen molar-refractivity contribution in [2.45, 2.75) is 19.3 Å². The van der Waals surface area contributed by atoms with E-state index in [1.165, 1.54) is 7.11 Å². The molecule has 15 heavy (non-hydrogen) atoms. The molecule has 1 amide bonds. The number of amides is 1. The molecule has 0 atom stereocenters. The van der Waals surface area contributed by atoms with Crippen molar-refractivity contribution in [3.63, 3.8) is 0 Å². The summed E-state index contributed by atoms with van der Waals surface area (Å²) >= 11 is 0. The molecular weight excluding hydrogens is 194 g/mol. The highest BCUT2D eigenvalue weighted by molar-refractivity contribution is 5.80. The Bertz CT molecular complexity index is 265.